The van der Waals surface area contributed by atoms with Crippen molar-refractivity contribution in [3.05, 3.63) is 51.9 Å². The van der Waals surface area contributed by atoms with Crippen molar-refractivity contribution in [3.8, 4) is 0 Å². The van der Waals surface area contributed by atoms with E-state index in [0.717, 1.165) is 16.8 Å². The zero-order chi connectivity index (χ0) is 14.0. The highest BCUT2D eigenvalue weighted by atomic mass is 35.5. The molecule has 0 saturated carbocycles. The molecule has 100 valence electrons. The summed E-state index contributed by atoms with van der Waals surface area (Å²) >= 11 is 6.17. The number of carboxylic acid groups (broad SMARTS) is 1. The predicted octanol–water partition coefficient (Wildman–Crippen LogP) is 3.86. The number of halogens is 1. The largest absolute Gasteiger partial charge is 0.475 e. The standard InChI is InChI=1S/C14H14ClNO3/c1-8-5-9(2)13(11(15)6-8)16-7-10-3-4-12(19-10)14(17)18/h3-6,16H,7H2,1-2H3,(H,17,18). The molecule has 0 radical (unpaired) electrons. The van der Waals surface area contributed by atoms with Crippen molar-refractivity contribution < 1.29 is 14.3 Å². The zero-order valence-corrected chi connectivity index (χ0v) is 11.4. The van der Waals surface area contributed by atoms with E-state index in [1.165, 1.54) is 6.07 Å². The van der Waals surface area contributed by atoms with Crippen molar-refractivity contribution >= 4 is 23.3 Å². The lowest BCUT2D eigenvalue weighted by Gasteiger charge is -2.11. The summed E-state index contributed by atoms with van der Waals surface area (Å²) in [6, 6.07) is 6.97. The van der Waals surface area contributed by atoms with Crippen LogP contribution in [0.5, 0.6) is 0 Å². The third kappa shape index (κ3) is 3.09. The number of furan rings is 1. The molecule has 0 unspecified atom stereocenters. The van der Waals surface area contributed by atoms with Gasteiger partial charge in [0.2, 0.25) is 5.76 Å². The molecule has 0 spiro atoms. The fourth-order valence-corrected chi connectivity index (χ4v) is 2.29. The normalized spacial score (nSPS) is 10.5. The van der Waals surface area contributed by atoms with Crippen LogP contribution < -0.4 is 5.32 Å². The fourth-order valence-electron chi connectivity index (χ4n) is 1.90. The molecular formula is C14H14ClNO3. The third-order valence-electron chi connectivity index (χ3n) is 2.74. The molecule has 0 fully saturated rings. The van der Waals surface area contributed by atoms with E-state index in [0.29, 0.717) is 17.3 Å². The quantitative estimate of drug-likeness (QED) is 0.892. The number of hydrogen-bond acceptors (Lipinski definition) is 3. The monoisotopic (exact) mass is 279 g/mol. The van der Waals surface area contributed by atoms with E-state index in [9.17, 15) is 4.79 Å². The maximum Gasteiger partial charge on any atom is 0.371 e. The maximum atomic E-state index is 10.7. The summed E-state index contributed by atoms with van der Waals surface area (Å²) in [5, 5.41) is 12.6. The number of nitrogens with one attached hydrogen (secondary N) is 1. The van der Waals surface area contributed by atoms with Crippen LogP contribution in [0.4, 0.5) is 5.69 Å². The first kappa shape index (κ1) is 13.5. The molecule has 5 heteroatoms. The Morgan fingerprint density at radius 2 is 2.11 bits per heavy atom. The van der Waals surface area contributed by atoms with Gasteiger partial charge in [0.05, 0.1) is 17.3 Å². The molecule has 0 atom stereocenters. The lowest BCUT2D eigenvalue weighted by molar-refractivity contribution is 0.0660. The summed E-state index contributed by atoms with van der Waals surface area (Å²) in [6.07, 6.45) is 0. The number of benzene rings is 1. The minimum atomic E-state index is -1.07. The minimum absolute atomic E-state index is 0.0662. The molecule has 0 aliphatic rings. The number of aromatic carboxylic acids is 1. The van der Waals surface area contributed by atoms with Crippen molar-refractivity contribution in [2.75, 3.05) is 5.32 Å². The molecule has 0 bridgehead atoms. The van der Waals surface area contributed by atoms with Crippen molar-refractivity contribution in [2.24, 2.45) is 0 Å². The highest BCUT2D eigenvalue weighted by Gasteiger charge is 2.10. The second-order valence-corrected chi connectivity index (χ2v) is 4.77. The number of carboxylic acids is 1. The minimum Gasteiger partial charge on any atom is -0.475 e. The molecule has 0 aliphatic heterocycles. The van der Waals surface area contributed by atoms with Gasteiger partial charge in [-0.25, -0.2) is 4.79 Å². The van der Waals surface area contributed by atoms with Gasteiger partial charge in [0.1, 0.15) is 5.76 Å². The molecule has 1 aromatic heterocycles. The summed E-state index contributed by atoms with van der Waals surface area (Å²) in [5.41, 5.74) is 2.97. The summed E-state index contributed by atoms with van der Waals surface area (Å²) in [4.78, 5) is 10.7. The Morgan fingerprint density at radius 3 is 2.68 bits per heavy atom. The van der Waals surface area contributed by atoms with Crippen LogP contribution in [0.15, 0.2) is 28.7 Å². The van der Waals surface area contributed by atoms with Crippen LogP contribution in [0.2, 0.25) is 5.02 Å². The topological polar surface area (TPSA) is 62.5 Å². The average molecular weight is 280 g/mol. The molecule has 1 heterocycles. The van der Waals surface area contributed by atoms with Gasteiger partial charge in [0, 0.05) is 0 Å². The number of aryl methyl sites for hydroxylation is 2. The van der Waals surface area contributed by atoms with E-state index in [-0.39, 0.29) is 5.76 Å². The fraction of sp³-hybridized carbons (Fsp3) is 0.214. The molecule has 2 N–H and O–H groups in total. The lowest BCUT2D eigenvalue weighted by atomic mass is 10.1. The van der Waals surface area contributed by atoms with Gasteiger partial charge in [-0.1, -0.05) is 17.7 Å². The van der Waals surface area contributed by atoms with Gasteiger partial charge < -0.3 is 14.8 Å². The van der Waals surface area contributed by atoms with Gasteiger partial charge in [-0.2, -0.15) is 0 Å². The van der Waals surface area contributed by atoms with Gasteiger partial charge >= 0.3 is 5.97 Å². The van der Waals surface area contributed by atoms with E-state index in [2.05, 4.69) is 5.32 Å². The number of hydrogen-bond donors (Lipinski definition) is 2. The van der Waals surface area contributed by atoms with Gasteiger partial charge in [-0.15, -0.1) is 0 Å². The summed E-state index contributed by atoms with van der Waals surface area (Å²) in [7, 11) is 0. The smallest absolute Gasteiger partial charge is 0.371 e. The lowest BCUT2D eigenvalue weighted by Crippen LogP contribution is -2.01. The second kappa shape index (κ2) is 5.36. The van der Waals surface area contributed by atoms with Gasteiger partial charge in [-0.05, 0) is 43.2 Å². The first-order valence-electron chi connectivity index (χ1n) is 5.80. The second-order valence-electron chi connectivity index (χ2n) is 4.36. The van der Waals surface area contributed by atoms with Crippen LogP contribution in [-0.2, 0) is 6.54 Å². The first-order chi connectivity index (χ1) is 8.97. The maximum absolute atomic E-state index is 10.7. The van der Waals surface area contributed by atoms with Crippen molar-refractivity contribution in [2.45, 2.75) is 20.4 Å². The van der Waals surface area contributed by atoms with Crippen molar-refractivity contribution in [3.63, 3.8) is 0 Å². The molecule has 4 nitrogen and oxygen atoms in total. The zero-order valence-electron chi connectivity index (χ0n) is 10.7. The molecule has 0 saturated heterocycles. The van der Waals surface area contributed by atoms with Crippen molar-refractivity contribution in [1.82, 2.24) is 0 Å². The Hall–Kier alpha value is -1.94. The molecule has 0 amide bonds. The van der Waals surface area contributed by atoms with Gasteiger partial charge in [-0.3, -0.25) is 0 Å². The Bertz CT molecular complexity index is 596. The van der Waals surface area contributed by atoms with E-state index in [1.807, 2.05) is 26.0 Å². The molecule has 0 aliphatic carbocycles. The van der Waals surface area contributed by atoms with Crippen LogP contribution in [0.25, 0.3) is 0 Å². The third-order valence-corrected chi connectivity index (χ3v) is 3.04. The molecule has 19 heavy (non-hydrogen) atoms. The van der Waals surface area contributed by atoms with Crippen LogP contribution in [0, 0.1) is 13.8 Å². The highest BCUT2D eigenvalue weighted by Crippen LogP contribution is 2.27. The van der Waals surface area contributed by atoms with Gasteiger partial charge in [0.25, 0.3) is 0 Å². The van der Waals surface area contributed by atoms with Crippen LogP contribution >= 0.6 is 11.6 Å². The summed E-state index contributed by atoms with van der Waals surface area (Å²) < 4.78 is 5.17. The number of rotatable bonds is 4. The van der Waals surface area contributed by atoms with Gasteiger partial charge in [0.15, 0.2) is 0 Å². The molecule has 1 aromatic carbocycles. The number of anilines is 1. The Labute approximate surface area is 116 Å². The Kier molecular flexibility index (Phi) is 3.81. The van der Waals surface area contributed by atoms with E-state index in [4.69, 9.17) is 21.1 Å². The molecule has 2 rings (SSSR count). The molecular weight excluding hydrogens is 266 g/mol. The first-order valence-corrected chi connectivity index (χ1v) is 6.18. The van der Waals surface area contributed by atoms with Crippen LogP contribution in [0.3, 0.4) is 0 Å². The Balaban J connectivity index is 2.12. The summed E-state index contributed by atoms with van der Waals surface area (Å²) in [5.74, 6) is -0.590. The summed E-state index contributed by atoms with van der Waals surface area (Å²) in [6.45, 7) is 4.33. The van der Waals surface area contributed by atoms with Crippen LogP contribution in [0.1, 0.15) is 27.4 Å². The predicted molar refractivity (Wildman–Crippen MR) is 73.9 cm³/mol. The Morgan fingerprint density at radius 1 is 1.37 bits per heavy atom. The molecule has 2 aromatic rings. The average Bonchev–Trinajstić information content (AvgIpc) is 2.76. The number of carbonyl (C=O) groups is 1. The van der Waals surface area contributed by atoms with Crippen LogP contribution in [-0.4, -0.2) is 11.1 Å². The SMILES string of the molecule is Cc1cc(C)c(NCc2ccc(C(=O)O)o2)c(Cl)c1. The van der Waals surface area contributed by atoms with E-state index >= 15 is 0 Å². The highest BCUT2D eigenvalue weighted by molar-refractivity contribution is 6.33. The van der Waals surface area contributed by atoms with Crippen molar-refractivity contribution in [1.29, 1.82) is 0 Å². The van der Waals surface area contributed by atoms with E-state index in [1.54, 1.807) is 6.07 Å². The van der Waals surface area contributed by atoms with E-state index < -0.39 is 5.97 Å².